The SMILES string of the molecule is O=C(NCC1(N2CCOCC2)CCCC1)C1=CCCCO1. The highest BCUT2D eigenvalue weighted by atomic mass is 16.5. The summed E-state index contributed by atoms with van der Waals surface area (Å²) in [4.78, 5) is 14.8. The van der Waals surface area contributed by atoms with E-state index in [0.29, 0.717) is 12.4 Å². The second kappa shape index (κ2) is 6.79. The number of carbonyl (C=O) groups excluding carboxylic acids is 1. The molecule has 21 heavy (non-hydrogen) atoms. The van der Waals surface area contributed by atoms with Crippen LogP contribution in [0.2, 0.25) is 0 Å². The van der Waals surface area contributed by atoms with E-state index in [0.717, 1.165) is 45.7 Å². The molecule has 2 fully saturated rings. The first-order valence-electron chi connectivity index (χ1n) is 8.24. The second-order valence-electron chi connectivity index (χ2n) is 6.27. The van der Waals surface area contributed by atoms with E-state index in [9.17, 15) is 4.79 Å². The second-order valence-corrected chi connectivity index (χ2v) is 6.27. The monoisotopic (exact) mass is 294 g/mol. The van der Waals surface area contributed by atoms with Gasteiger partial charge in [-0.2, -0.15) is 0 Å². The zero-order valence-electron chi connectivity index (χ0n) is 12.7. The number of amides is 1. The Morgan fingerprint density at radius 2 is 1.95 bits per heavy atom. The van der Waals surface area contributed by atoms with Gasteiger partial charge in [0.2, 0.25) is 0 Å². The third-order valence-electron chi connectivity index (χ3n) is 4.95. The fraction of sp³-hybridized carbons (Fsp3) is 0.812. The van der Waals surface area contributed by atoms with Crippen LogP contribution in [0, 0.1) is 0 Å². The van der Waals surface area contributed by atoms with E-state index in [1.165, 1.54) is 25.7 Å². The molecule has 0 spiro atoms. The van der Waals surface area contributed by atoms with Gasteiger partial charge in [0.15, 0.2) is 5.76 Å². The zero-order chi connectivity index (χ0) is 14.5. The summed E-state index contributed by atoms with van der Waals surface area (Å²) in [5.41, 5.74) is 0.134. The number of nitrogens with one attached hydrogen (secondary N) is 1. The minimum Gasteiger partial charge on any atom is -0.488 e. The molecule has 1 saturated carbocycles. The van der Waals surface area contributed by atoms with Gasteiger partial charge in [0.05, 0.1) is 19.8 Å². The molecule has 0 aromatic carbocycles. The van der Waals surface area contributed by atoms with Gasteiger partial charge in [-0.3, -0.25) is 9.69 Å². The average Bonchev–Trinajstić information content (AvgIpc) is 3.04. The van der Waals surface area contributed by atoms with Crippen molar-refractivity contribution in [2.24, 2.45) is 0 Å². The molecule has 0 radical (unpaired) electrons. The first-order chi connectivity index (χ1) is 10.3. The lowest BCUT2D eigenvalue weighted by atomic mass is 9.94. The van der Waals surface area contributed by atoms with Gasteiger partial charge in [-0.1, -0.05) is 12.8 Å². The lowest BCUT2D eigenvalue weighted by Gasteiger charge is -2.43. The van der Waals surface area contributed by atoms with Crippen LogP contribution in [0.3, 0.4) is 0 Å². The number of carbonyl (C=O) groups is 1. The van der Waals surface area contributed by atoms with Crippen LogP contribution in [0.15, 0.2) is 11.8 Å². The van der Waals surface area contributed by atoms with Crippen molar-refractivity contribution in [3.63, 3.8) is 0 Å². The molecule has 0 bridgehead atoms. The topological polar surface area (TPSA) is 50.8 Å². The van der Waals surface area contributed by atoms with E-state index in [2.05, 4.69) is 10.2 Å². The average molecular weight is 294 g/mol. The molecule has 1 aliphatic carbocycles. The van der Waals surface area contributed by atoms with Crippen LogP contribution < -0.4 is 5.32 Å². The normalized spacial score (nSPS) is 26.0. The summed E-state index contributed by atoms with van der Waals surface area (Å²) < 4.78 is 10.9. The van der Waals surface area contributed by atoms with E-state index in [1.54, 1.807) is 0 Å². The van der Waals surface area contributed by atoms with Gasteiger partial charge in [0.25, 0.3) is 5.91 Å². The van der Waals surface area contributed by atoms with Crippen molar-refractivity contribution in [2.45, 2.75) is 44.1 Å². The maximum Gasteiger partial charge on any atom is 0.286 e. The Morgan fingerprint density at radius 1 is 1.19 bits per heavy atom. The molecule has 0 aromatic heterocycles. The minimum atomic E-state index is -0.0470. The van der Waals surface area contributed by atoms with E-state index in [1.807, 2.05) is 6.08 Å². The van der Waals surface area contributed by atoms with Gasteiger partial charge in [-0.05, 0) is 31.8 Å². The quantitative estimate of drug-likeness (QED) is 0.852. The third kappa shape index (κ3) is 3.40. The molecule has 0 atom stereocenters. The molecule has 1 amide bonds. The summed E-state index contributed by atoms with van der Waals surface area (Å²) in [6.45, 7) is 4.97. The Hall–Kier alpha value is -1.07. The summed E-state index contributed by atoms with van der Waals surface area (Å²) in [7, 11) is 0. The van der Waals surface area contributed by atoms with E-state index in [-0.39, 0.29) is 11.4 Å². The van der Waals surface area contributed by atoms with Crippen LogP contribution in [-0.2, 0) is 14.3 Å². The lowest BCUT2D eigenvalue weighted by Crippen LogP contribution is -2.57. The maximum absolute atomic E-state index is 12.2. The molecular weight excluding hydrogens is 268 g/mol. The molecule has 118 valence electrons. The van der Waals surface area contributed by atoms with E-state index in [4.69, 9.17) is 9.47 Å². The fourth-order valence-electron chi connectivity index (χ4n) is 3.72. The number of ether oxygens (including phenoxy) is 2. The largest absolute Gasteiger partial charge is 0.488 e. The number of morpholine rings is 1. The summed E-state index contributed by atoms with van der Waals surface area (Å²) in [6, 6.07) is 0. The predicted molar refractivity (Wildman–Crippen MR) is 79.9 cm³/mol. The van der Waals surface area contributed by atoms with Crippen molar-refractivity contribution in [3.8, 4) is 0 Å². The van der Waals surface area contributed by atoms with Gasteiger partial charge >= 0.3 is 0 Å². The van der Waals surface area contributed by atoms with Crippen molar-refractivity contribution < 1.29 is 14.3 Å². The summed E-state index contributed by atoms with van der Waals surface area (Å²) in [5.74, 6) is 0.464. The molecule has 3 rings (SSSR count). The first-order valence-corrected chi connectivity index (χ1v) is 8.24. The molecule has 2 aliphatic heterocycles. The van der Waals surface area contributed by atoms with Crippen LogP contribution in [0.25, 0.3) is 0 Å². The highest BCUT2D eigenvalue weighted by Gasteiger charge is 2.40. The number of rotatable bonds is 4. The fourth-order valence-corrected chi connectivity index (χ4v) is 3.72. The number of hydrogen-bond donors (Lipinski definition) is 1. The molecule has 5 heteroatoms. The maximum atomic E-state index is 12.2. The molecule has 1 saturated heterocycles. The Bertz CT molecular complexity index is 396. The van der Waals surface area contributed by atoms with Crippen LogP contribution in [-0.4, -0.2) is 55.8 Å². The minimum absolute atomic E-state index is 0.0470. The van der Waals surface area contributed by atoms with Crippen molar-refractivity contribution in [2.75, 3.05) is 39.5 Å². The van der Waals surface area contributed by atoms with Crippen molar-refractivity contribution in [1.82, 2.24) is 10.2 Å². The van der Waals surface area contributed by atoms with Crippen molar-refractivity contribution in [3.05, 3.63) is 11.8 Å². The highest BCUT2D eigenvalue weighted by molar-refractivity contribution is 5.91. The van der Waals surface area contributed by atoms with Gasteiger partial charge in [-0.15, -0.1) is 0 Å². The molecule has 3 aliphatic rings. The smallest absolute Gasteiger partial charge is 0.286 e. The van der Waals surface area contributed by atoms with Gasteiger partial charge < -0.3 is 14.8 Å². The summed E-state index contributed by atoms with van der Waals surface area (Å²) in [5, 5.41) is 3.12. The Labute approximate surface area is 126 Å². The molecular formula is C16H26N2O3. The predicted octanol–water partition coefficient (Wildman–Crippen LogP) is 1.44. The van der Waals surface area contributed by atoms with Crippen LogP contribution in [0.5, 0.6) is 0 Å². The molecule has 0 aromatic rings. The first kappa shape index (κ1) is 14.9. The van der Waals surface area contributed by atoms with Gasteiger partial charge in [-0.25, -0.2) is 0 Å². The molecule has 0 unspecified atom stereocenters. The summed E-state index contributed by atoms with van der Waals surface area (Å²) >= 11 is 0. The number of hydrogen-bond acceptors (Lipinski definition) is 4. The standard InChI is InChI=1S/C16H26N2O3/c19-15(14-5-1-4-10-21-14)17-13-16(6-2-3-7-16)18-8-11-20-12-9-18/h5H,1-4,6-13H2,(H,17,19). The Balaban J connectivity index is 1.59. The summed E-state index contributed by atoms with van der Waals surface area (Å²) in [6.07, 6.45) is 8.72. The van der Waals surface area contributed by atoms with Gasteiger partial charge in [0, 0.05) is 25.2 Å². The molecule has 1 N–H and O–H groups in total. The zero-order valence-corrected chi connectivity index (χ0v) is 12.7. The number of nitrogens with zero attached hydrogens (tertiary/aromatic N) is 1. The van der Waals surface area contributed by atoms with Crippen molar-refractivity contribution >= 4 is 5.91 Å². The van der Waals surface area contributed by atoms with Crippen molar-refractivity contribution in [1.29, 1.82) is 0 Å². The number of allylic oxidation sites excluding steroid dienone is 1. The van der Waals surface area contributed by atoms with Gasteiger partial charge in [0.1, 0.15) is 0 Å². The van der Waals surface area contributed by atoms with E-state index < -0.39 is 0 Å². The third-order valence-corrected chi connectivity index (χ3v) is 4.95. The Morgan fingerprint density at radius 3 is 2.62 bits per heavy atom. The molecule has 2 heterocycles. The lowest BCUT2D eigenvalue weighted by molar-refractivity contribution is -0.122. The molecule has 5 nitrogen and oxygen atoms in total. The Kier molecular flexibility index (Phi) is 4.80. The van der Waals surface area contributed by atoms with Crippen LogP contribution in [0.1, 0.15) is 38.5 Å². The van der Waals surface area contributed by atoms with E-state index >= 15 is 0 Å². The van der Waals surface area contributed by atoms with Crippen LogP contribution >= 0.6 is 0 Å². The van der Waals surface area contributed by atoms with Crippen LogP contribution in [0.4, 0.5) is 0 Å². The highest BCUT2D eigenvalue weighted by Crippen LogP contribution is 2.35.